The second-order valence-electron chi connectivity index (χ2n) is 2.61. The van der Waals surface area contributed by atoms with Gasteiger partial charge in [-0.05, 0) is 6.07 Å². The lowest BCUT2D eigenvalue weighted by atomic mass is 10.1. The first-order valence-electron chi connectivity index (χ1n) is 3.60. The van der Waals surface area contributed by atoms with E-state index in [9.17, 15) is 9.50 Å². The Kier molecular flexibility index (Phi) is 3.08. The van der Waals surface area contributed by atoms with E-state index in [0.29, 0.717) is 0 Å². The van der Waals surface area contributed by atoms with Crippen molar-refractivity contribution in [2.75, 3.05) is 6.61 Å². The highest BCUT2D eigenvalue weighted by atomic mass is 35.5. The van der Waals surface area contributed by atoms with Crippen LogP contribution in [0.25, 0.3) is 0 Å². The van der Waals surface area contributed by atoms with Gasteiger partial charge in [-0.1, -0.05) is 11.6 Å². The van der Waals surface area contributed by atoms with E-state index in [2.05, 4.69) is 0 Å². The van der Waals surface area contributed by atoms with Gasteiger partial charge >= 0.3 is 0 Å². The monoisotopic (exact) mass is 205 g/mol. The minimum absolute atomic E-state index is 0.143. The molecule has 0 heterocycles. The normalized spacial score (nSPS) is 12.9. The number of halogens is 2. The maximum absolute atomic E-state index is 12.9. The minimum Gasteiger partial charge on any atom is -0.508 e. The molecule has 0 aromatic heterocycles. The maximum Gasteiger partial charge on any atom is 0.142 e. The van der Waals surface area contributed by atoms with Gasteiger partial charge < -0.3 is 15.9 Å². The number of phenolic OH excluding ortho intramolecular Hbond substituents is 1. The average Bonchev–Trinajstić information content (AvgIpc) is 2.10. The Morgan fingerprint density at radius 3 is 2.69 bits per heavy atom. The van der Waals surface area contributed by atoms with Gasteiger partial charge in [-0.15, -0.1) is 0 Å². The number of benzene rings is 1. The van der Waals surface area contributed by atoms with Crippen molar-refractivity contribution in [3.63, 3.8) is 0 Å². The van der Waals surface area contributed by atoms with Crippen LogP contribution >= 0.6 is 11.6 Å². The first-order chi connectivity index (χ1) is 6.06. The van der Waals surface area contributed by atoms with E-state index in [4.69, 9.17) is 22.4 Å². The van der Waals surface area contributed by atoms with Crippen molar-refractivity contribution in [2.45, 2.75) is 6.04 Å². The van der Waals surface area contributed by atoms with Crippen molar-refractivity contribution in [3.8, 4) is 5.75 Å². The number of aromatic hydroxyl groups is 1. The van der Waals surface area contributed by atoms with Crippen LogP contribution < -0.4 is 5.73 Å². The molecule has 1 aromatic carbocycles. The van der Waals surface area contributed by atoms with Crippen molar-refractivity contribution in [1.82, 2.24) is 0 Å². The summed E-state index contributed by atoms with van der Waals surface area (Å²) in [5.41, 5.74) is 5.54. The maximum atomic E-state index is 12.9. The first-order valence-corrected chi connectivity index (χ1v) is 3.98. The van der Waals surface area contributed by atoms with Crippen LogP contribution in [-0.4, -0.2) is 16.8 Å². The van der Waals surface area contributed by atoms with Crippen LogP contribution in [0.2, 0.25) is 5.02 Å². The molecule has 0 saturated heterocycles. The molecule has 0 fully saturated rings. The topological polar surface area (TPSA) is 66.5 Å². The second kappa shape index (κ2) is 3.91. The summed E-state index contributed by atoms with van der Waals surface area (Å²) in [6.07, 6.45) is 0. The van der Waals surface area contributed by atoms with E-state index < -0.39 is 11.9 Å². The molecule has 0 radical (unpaired) electrons. The van der Waals surface area contributed by atoms with Crippen molar-refractivity contribution < 1.29 is 14.6 Å². The van der Waals surface area contributed by atoms with Gasteiger partial charge in [0.1, 0.15) is 11.6 Å². The zero-order valence-electron chi connectivity index (χ0n) is 6.67. The third kappa shape index (κ3) is 2.09. The van der Waals surface area contributed by atoms with Gasteiger partial charge in [0.25, 0.3) is 0 Å². The Labute approximate surface area is 79.6 Å². The van der Waals surface area contributed by atoms with Crippen molar-refractivity contribution in [1.29, 1.82) is 0 Å². The summed E-state index contributed by atoms with van der Waals surface area (Å²) in [5, 5.41) is 17.8. The molecule has 4 N–H and O–H groups in total. The molecule has 0 aliphatic carbocycles. The lowest BCUT2D eigenvalue weighted by Gasteiger charge is -2.10. The molecule has 3 nitrogen and oxygen atoms in total. The Morgan fingerprint density at radius 2 is 2.15 bits per heavy atom. The number of aliphatic hydroxyl groups excluding tert-OH is 1. The van der Waals surface area contributed by atoms with E-state index >= 15 is 0 Å². The SMILES string of the molecule is N[C@@H](CO)c1cc(F)c(Cl)cc1O. The molecule has 1 aromatic rings. The molecular formula is C8H9ClFNO2. The number of nitrogens with two attached hydrogens (primary N) is 1. The van der Waals surface area contributed by atoms with Crippen molar-refractivity contribution in [3.05, 3.63) is 28.5 Å². The average molecular weight is 206 g/mol. The summed E-state index contributed by atoms with van der Waals surface area (Å²) in [7, 11) is 0. The lowest BCUT2D eigenvalue weighted by Crippen LogP contribution is -2.14. The Hall–Kier alpha value is -0.840. The van der Waals surface area contributed by atoms with E-state index in [1.807, 2.05) is 0 Å². The number of hydrogen-bond acceptors (Lipinski definition) is 3. The smallest absolute Gasteiger partial charge is 0.142 e. The Balaban J connectivity index is 3.15. The lowest BCUT2D eigenvalue weighted by molar-refractivity contribution is 0.265. The van der Waals surface area contributed by atoms with E-state index in [0.717, 1.165) is 12.1 Å². The fraction of sp³-hybridized carbons (Fsp3) is 0.250. The van der Waals surface area contributed by atoms with Gasteiger partial charge in [-0.3, -0.25) is 0 Å². The molecule has 0 unspecified atom stereocenters. The zero-order chi connectivity index (χ0) is 10.0. The molecule has 0 amide bonds. The highest BCUT2D eigenvalue weighted by Crippen LogP contribution is 2.28. The van der Waals surface area contributed by atoms with Crippen LogP contribution in [0.1, 0.15) is 11.6 Å². The summed E-state index contributed by atoms with van der Waals surface area (Å²) in [6, 6.07) is 1.27. The molecule has 1 atom stereocenters. The molecule has 5 heteroatoms. The van der Waals surface area contributed by atoms with Gasteiger partial charge in [0.05, 0.1) is 17.7 Å². The highest BCUT2D eigenvalue weighted by molar-refractivity contribution is 6.30. The minimum atomic E-state index is -0.799. The molecular weight excluding hydrogens is 197 g/mol. The Bertz CT molecular complexity index is 319. The highest BCUT2D eigenvalue weighted by Gasteiger charge is 2.13. The van der Waals surface area contributed by atoms with E-state index in [1.165, 1.54) is 0 Å². The van der Waals surface area contributed by atoms with Crippen LogP contribution in [0.15, 0.2) is 12.1 Å². The summed E-state index contributed by atoms with van der Waals surface area (Å²) in [5.74, 6) is -0.883. The molecule has 0 aliphatic heterocycles. The van der Waals surface area contributed by atoms with Gasteiger partial charge in [0.2, 0.25) is 0 Å². The van der Waals surface area contributed by atoms with E-state index in [1.54, 1.807) is 0 Å². The Morgan fingerprint density at radius 1 is 1.54 bits per heavy atom. The molecule has 1 rings (SSSR count). The van der Waals surface area contributed by atoms with Crippen molar-refractivity contribution in [2.24, 2.45) is 5.73 Å². The quantitative estimate of drug-likeness (QED) is 0.679. The number of phenols is 1. The first kappa shape index (κ1) is 10.2. The fourth-order valence-corrected chi connectivity index (χ4v) is 1.10. The molecule has 0 saturated carbocycles. The summed E-state index contributed by atoms with van der Waals surface area (Å²) >= 11 is 5.40. The van der Waals surface area contributed by atoms with Gasteiger partial charge in [-0.2, -0.15) is 0 Å². The van der Waals surface area contributed by atoms with Gasteiger partial charge in [-0.25, -0.2) is 4.39 Å². The molecule has 0 spiro atoms. The summed E-state index contributed by atoms with van der Waals surface area (Å²) in [6.45, 7) is -0.366. The summed E-state index contributed by atoms with van der Waals surface area (Å²) in [4.78, 5) is 0. The molecule has 13 heavy (non-hydrogen) atoms. The second-order valence-corrected chi connectivity index (χ2v) is 3.02. The van der Waals surface area contributed by atoms with Crippen LogP contribution in [-0.2, 0) is 0 Å². The third-order valence-electron chi connectivity index (χ3n) is 1.67. The van der Waals surface area contributed by atoms with E-state index in [-0.39, 0.29) is 22.9 Å². The van der Waals surface area contributed by atoms with Crippen molar-refractivity contribution >= 4 is 11.6 Å². The third-order valence-corrected chi connectivity index (χ3v) is 1.96. The largest absolute Gasteiger partial charge is 0.508 e. The molecule has 72 valence electrons. The van der Waals surface area contributed by atoms with Crippen LogP contribution in [0, 0.1) is 5.82 Å². The number of hydrogen-bond donors (Lipinski definition) is 3. The molecule has 0 aliphatic rings. The number of rotatable bonds is 2. The van der Waals surface area contributed by atoms with Crippen LogP contribution in [0.5, 0.6) is 5.75 Å². The number of aliphatic hydroxyl groups is 1. The predicted octanol–water partition coefficient (Wildman–Crippen LogP) is 1.18. The van der Waals surface area contributed by atoms with Crippen LogP contribution in [0.4, 0.5) is 4.39 Å². The van der Waals surface area contributed by atoms with Gasteiger partial charge in [0, 0.05) is 11.6 Å². The van der Waals surface area contributed by atoms with Crippen LogP contribution in [0.3, 0.4) is 0 Å². The molecule has 0 bridgehead atoms. The fourth-order valence-electron chi connectivity index (χ4n) is 0.947. The standard InChI is InChI=1S/C8H9ClFNO2/c9-5-2-8(13)4(1-6(5)10)7(11)3-12/h1-2,7,12-13H,3,11H2/t7-/m0/s1. The predicted molar refractivity (Wildman–Crippen MR) is 47.1 cm³/mol. The summed E-state index contributed by atoms with van der Waals surface area (Å²) < 4.78 is 12.9. The van der Waals surface area contributed by atoms with Gasteiger partial charge in [0.15, 0.2) is 0 Å². The zero-order valence-corrected chi connectivity index (χ0v) is 7.42.